The van der Waals surface area contributed by atoms with Gasteiger partial charge in [0.1, 0.15) is 11.5 Å². The molecule has 0 radical (unpaired) electrons. The molecule has 4 rings (SSSR count). The molecule has 1 aromatic heterocycles. The molecule has 1 aliphatic rings. The highest BCUT2D eigenvalue weighted by Gasteiger charge is 2.24. The average Bonchev–Trinajstić information content (AvgIpc) is 3.26. The Morgan fingerprint density at radius 1 is 1.07 bits per heavy atom. The van der Waals surface area contributed by atoms with Crippen molar-refractivity contribution in [2.75, 3.05) is 0 Å². The fraction of sp³-hybridized carbons (Fsp3) is 0. The molecule has 1 saturated heterocycles. The Bertz CT molecular complexity index is 1120. The molecule has 1 N–H and O–H groups in total. The van der Waals surface area contributed by atoms with Gasteiger partial charge in [-0.15, -0.1) is 0 Å². The minimum Gasteiger partial charge on any atom is -0.457 e. The zero-order valence-electron chi connectivity index (χ0n) is 14.1. The van der Waals surface area contributed by atoms with E-state index < -0.39 is 0 Å². The van der Waals surface area contributed by atoms with Crippen LogP contribution in [0, 0.1) is 0 Å². The highest BCUT2D eigenvalue weighted by atomic mass is 79.9. The van der Waals surface area contributed by atoms with Gasteiger partial charge < -0.3 is 9.73 Å². The number of hydrogen-bond donors (Lipinski definition) is 1. The van der Waals surface area contributed by atoms with Crippen LogP contribution in [-0.4, -0.2) is 11.1 Å². The zero-order valence-corrected chi connectivity index (χ0v) is 18.0. The van der Waals surface area contributed by atoms with Gasteiger partial charge in [-0.2, -0.15) is 0 Å². The lowest BCUT2D eigenvalue weighted by Gasteiger charge is -2.01. The highest BCUT2D eigenvalue weighted by molar-refractivity contribution is 9.10. The van der Waals surface area contributed by atoms with E-state index in [1.54, 1.807) is 36.4 Å². The Hall–Kier alpha value is -1.99. The Kier molecular flexibility index (Phi) is 5.64. The zero-order chi connectivity index (χ0) is 19.7. The van der Waals surface area contributed by atoms with E-state index in [0.29, 0.717) is 37.2 Å². The van der Waals surface area contributed by atoms with Crippen LogP contribution in [0.3, 0.4) is 0 Å². The van der Waals surface area contributed by atoms with Crippen molar-refractivity contribution in [3.63, 3.8) is 0 Å². The van der Waals surface area contributed by atoms with Gasteiger partial charge in [-0.3, -0.25) is 4.79 Å². The van der Waals surface area contributed by atoms with Gasteiger partial charge >= 0.3 is 0 Å². The van der Waals surface area contributed by atoms with Crippen molar-refractivity contribution in [2.45, 2.75) is 0 Å². The molecular weight excluding hydrogens is 483 g/mol. The minimum atomic E-state index is -0.223. The fourth-order valence-corrected chi connectivity index (χ4v) is 3.97. The van der Waals surface area contributed by atoms with Crippen molar-refractivity contribution in [1.29, 1.82) is 0 Å². The number of amides is 1. The number of nitrogens with zero attached hydrogens (tertiary/aromatic N) is 1. The van der Waals surface area contributed by atoms with Crippen LogP contribution in [0.5, 0.6) is 0 Å². The monoisotopic (exact) mass is 492 g/mol. The first-order valence-electron chi connectivity index (χ1n) is 8.08. The van der Waals surface area contributed by atoms with Gasteiger partial charge in [0.05, 0.1) is 15.6 Å². The minimum absolute atomic E-state index is 0.223. The van der Waals surface area contributed by atoms with Crippen molar-refractivity contribution in [1.82, 2.24) is 5.32 Å². The lowest BCUT2D eigenvalue weighted by molar-refractivity contribution is -0.115. The molecule has 0 aliphatic carbocycles. The lowest BCUT2D eigenvalue weighted by Crippen LogP contribution is -2.19. The van der Waals surface area contributed by atoms with E-state index in [0.717, 1.165) is 10.2 Å². The van der Waals surface area contributed by atoms with Gasteiger partial charge in [0.15, 0.2) is 5.17 Å². The van der Waals surface area contributed by atoms with Crippen molar-refractivity contribution >= 4 is 73.7 Å². The normalized spacial score (nSPS) is 16.8. The number of amidine groups is 1. The smallest absolute Gasteiger partial charge is 0.264 e. The number of carbonyl (C=O) groups is 1. The summed E-state index contributed by atoms with van der Waals surface area (Å²) in [6.07, 6.45) is 1.67. The molecule has 0 unspecified atom stereocenters. The summed E-state index contributed by atoms with van der Waals surface area (Å²) in [7, 11) is 0. The van der Waals surface area contributed by atoms with E-state index in [2.05, 4.69) is 26.2 Å². The molecule has 1 fully saturated rings. The molecule has 28 heavy (non-hydrogen) atoms. The van der Waals surface area contributed by atoms with E-state index in [4.69, 9.17) is 27.6 Å². The predicted molar refractivity (Wildman–Crippen MR) is 119 cm³/mol. The van der Waals surface area contributed by atoms with Crippen LogP contribution in [-0.2, 0) is 4.79 Å². The molecule has 8 heteroatoms. The highest BCUT2D eigenvalue weighted by Crippen LogP contribution is 2.34. The molecule has 1 aliphatic heterocycles. The predicted octanol–water partition coefficient (Wildman–Crippen LogP) is 6.91. The van der Waals surface area contributed by atoms with Crippen molar-refractivity contribution in [3.05, 3.63) is 79.8 Å². The average molecular weight is 494 g/mol. The van der Waals surface area contributed by atoms with Crippen LogP contribution in [0.2, 0.25) is 10.0 Å². The standard InChI is InChI=1S/C20H11BrCl2N2O2S/c21-11-1-4-13(5-2-11)24-20-25-19(26)18(28-20)10-14-6-8-17(27-14)15-9-12(22)3-7-16(15)23/h1-10H,(H,24,25,26). The third-order valence-corrected chi connectivity index (χ3v) is 5.81. The van der Waals surface area contributed by atoms with Gasteiger partial charge in [0.2, 0.25) is 0 Å². The molecule has 2 aromatic carbocycles. The van der Waals surface area contributed by atoms with Gasteiger partial charge in [-0.1, -0.05) is 39.1 Å². The van der Waals surface area contributed by atoms with Crippen LogP contribution in [0.1, 0.15) is 5.76 Å². The number of benzene rings is 2. The number of rotatable bonds is 3. The van der Waals surface area contributed by atoms with Gasteiger partial charge in [-0.05, 0) is 66.4 Å². The number of halogens is 3. The van der Waals surface area contributed by atoms with E-state index in [-0.39, 0.29) is 5.91 Å². The summed E-state index contributed by atoms with van der Waals surface area (Å²) in [4.78, 5) is 17.2. The molecular formula is C20H11BrCl2N2O2S. The third-order valence-electron chi connectivity index (χ3n) is 3.80. The van der Waals surface area contributed by atoms with E-state index in [1.165, 1.54) is 11.8 Å². The molecule has 3 aromatic rings. The van der Waals surface area contributed by atoms with E-state index >= 15 is 0 Å². The van der Waals surface area contributed by atoms with Gasteiger partial charge in [-0.25, -0.2) is 4.99 Å². The Morgan fingerprint density at radius 2 is 1.86 bits per heavy atom. The molecule has 4 nitrogen and oxygen atoms in total. The van der Waals surface area contributed by atoms with Crippen LogP contribution in [0.15, 0.2) is 73.4 Å². The number of hydrogen-bond acceptors (Lipinski definition) is 4. The molecule has 0 atom stereocenters. The van der Waals surface area contributed by atoms with Gasteiger partial charge in [0.25, 0.3) is 5.91 Å². The largest absolute Gasteiger partial charge is 0.457 e. The van der Waals surface area contributed by atoms with Crippen molar-refractivity contribution in [3.8, 4) is 11.3 Å². The van der Waals surface area contributed by atoms with Gasteiger partial charge in [0, 0.05) is 21.1 Å². The Labute approximate surface area is 183 Å². The summed E-state index contributed by atoms with van der Waals surface area (Å²) in [6.45, 7) is 0. The summed E-state index contributed by atoms with van der Waals surface area (Å²) in [5.74, 6) is 0.889. The topological polar surface area (TPSA) is 54.6 Å². The summed E-state index contributed by atoms with van der Waals surface area (Å²) in [6, 6.07) is 16.2. The van der Waals surface area contributed by atoms with Crippen molar-refractivity contribution in [2.24, 2.45) is 4.99 Å². The summed E-state index contributed by atoms with van der Waals surface area (Å²) in [5.41, 5.74) is 1.45. The van der Waals surface area contributed by atoms with Crippen LogP contribution >= 0.6 is 50.9 Å². The number of aliphatic imine (C=N–C) groups is 1. The first-order chi connectivity index (χ1) is 13.5. The molecule has 0 bridgehead atoms. The SMILES string of the molecule is O=C1NC(=Nc2ccc(Br)cc2)SC1=Cc1ccc(-c2cc(Cl)ccc2Cl)o1. The van der Waals surface area contributed by atoms with E-state index in [1.807, 2.05) is 24.3 Å². The summed E-state index contributed by atoms with van der Waals surface area (Å²) >= 11 is 16.9. The van der Waals surface area contributed by atoms with E-state index in [9.17, 15) is 4.79 Å². The second kappa shape index (κ2) is 8.17. The summed E-state index contributed by atoms with van der Waals surface area (Å²) < 4.78 is 6.79. The maximum atomic E-state index is 12.2. The first-order valence-corrected chi connectivity index (χ1v) is 10.4. The Balaban J connectivity index is 1.56. The molecule has 2 heterocycles. The second-order valence-electron chi connectivity index (χ2n) is 5.78. The molecule has 0 saturated carbocycles. The first kappa shape index (κ1) is 19.3. The number of thioether (sulfide) groups is 1. The molecule has 140 valence electrons. The van der Waals surface area contributed by atoms with Crippen LogP contribution in [0.25, 0.3) is 17.4 Å². The van der Waals surface area contributed by atoms with Crippen LogP contribution in [0.4, 0.5) is 5.69 Å². The Morgan fingerprint density at radius 3 is 2.64 bits per heavy atom. The number of nitrogens with one attached hydrogen (secondary N) is 1. The van der Waals surface area contributed by atoms with Crippen molar-refractivity contribution < 1.29 is 9.21 Å². The van der Waals surface area contributed by atoms with Crippen LogP contribution < -0.4 is 5.32 Å². The fourth-order valence-electron chi connectivity index (χ4n) is 2.50. The quantitative estimate of drug-likeness (QED) is 0.403. The maximum Gasteiger partial charge on any atom is 0.264 e. The molecule has 0 spiro atoms. The third kappa shape index (κ3) is 4.36. The number of furan rings is 1. The lowest BCUT2D eigenvalue weighted by atomic mass is 10.2. The summed E-state index contributed by atoms with van der Waals surface area (Å²) in [5, 5.41) is 4.37. The molecule has 1 amide bonds. The number of carbonyl (C=O) groups excluding carboxylic acids is 1. The second-order valence-corrected chi connectivity index (χ2v) is 8.57. The maximum absolute atomic E-state index is 12.2.